The number of carbonyl (C=O) groups excluding carboxylic acids is 1. The number of nitrogens with one attached hydrogen (secondary N) is 1. The molecule has 0 spiro atoms. The van der Waals surface area contributed by atoms with Crippen LogP contribution in [0.25, 0.3) is 0 Å². The highest BCUT2D eigenvalue weighted by molar-refractivity contribution is 5.77. The number of aryl methyl sites for hydroxylation is 1. The Morgan fingerprint density at radius 2 is 2.11 bits per heavy atom. The average Bonchev–Trinajstić information content (AvgIpc) is 2.39. The molecule has 0 atom stereocenters. The minimum absolute atomic E-state index is 0.0442. The molecule has 0 aliphatic heterocycles. The van der Waals surface area contributed by atoms with Gasteiger partial charge in [0.05, 0.1) is 6.10 Å². The second-order valence-corrected chi connectivity index (χ2v) is 5.18. The van der Waals surface area contributed by atoms with E-state index in [1.165, 1.54) is 0 Å². The van der Waals surface area contributed by atoms with Crippen LogP contribution in [0.5, 0.6) is 5.75 Å². The molecule has 0 radical (unpaired) electrons. The molecule has 0 heterocycles. The van der Waals surface area contributed by atoms with Gasteiger partial charge in [0, 0.05) is 6.04 Å². The van der Waals surface area contributed by atoms with E-state index in [0.29, 0.717) is 5.75 Å². The van der Waals surface area contributed by atoms with Crippen molar-refractivity contribution < 1.29 is 14.6 Å². The largest absolute Gasteiger partial charge is 0.484 e. The minimum Gasteiger partial charge on any atom is -0.484 e. The fraction of sp³-hybridized carbons (Fsp3) is 0.533. The van der Waals surface area contributed by atoms with Gasteiger partial charge in [-0.05, 0) is 50.3 Å². The van der Waals surface area contributed by atoms with E-state index in [0.717, 1.165) is 31.2 Å². The third-order valence-corrected chi connectivity index (χ3v) is 3.42. The summed E-state index contributed by atoms with van der Waals surface area (Å²) >= 11 is 0. The third kappa shape index (κ3) is 4.56. The normalized spacial score (nSPS) is 22.8. The van der Waals surface area contributed by atoms with Gasteiger partial charge in [-0.1, -0.05) is 12.1 Å². The Hall–Kier alpha value is -1.55. The first-order valence-corrected chi connectivity index (χ1v) is 6.80. The fourth-order valence-corrected chi connectivity index (χ4v) is 2.34. The number of ether oxygens (including phenoxy) is 1. The Bertz CT molecular complexity index is 425. The highest BCUT2D eigenvalue weighted by Crippen LogP contribution is 2.18. The van der Waals surface area contributed by atoms with Crippen molar-refractivity contribution in [2.45, 2.75) is 44.8 Å². The van der Waals surface area contributed by atoms with Crippen molar-refractivity contribution in [3.8, 4) is 5.75 Å². The van der Waals surface area contributed by atoms with Crippen LogP contribution in [0.3, 0.4) is 0 Å². The smallest absolute Gasteiger partial charge is 0.258 e. The number of hydrogen-bond acceptors (Lipinski definition) is 3. The molecular weight excluding hydrogens is 242 g/mol. The van der Waals surface area contributed by atoms with Gasteiger partial charge in [0.1, 0.15) is 5.75 Å². The van der Waals surface area contributed by atoms with Gasteiger partial charge >= 0.3 is 0 Å². The summed E-state index contributed by atoms with van der Waals surface area (Å²) < 4.78 is 5.45. The van der Waals surface area contributed by atoms with Gasteiger partial charge in [-0.2, -0.15) is 0 Å². The maximum Gasteiger partial charge on any atom is 0.258 e. The Labute approximate surface area is 113 Å². The first-order chi connectivity index (χ1) is 9.13. The first-order valence-electron chi connectivity index (χ1n) is 6.80. The van der Waals surface area contributed by atoms with Crippen molar-refractivity contribution in [1.82, 2.24) is 5.32 Å². The fourth-order valence-electron chi connectivity index (χ4n) is 2.34. The maximum absolute atomic E-state index is 11.8. The van der Waals surface area contributed by atoms with E-state index in [2.05, 4.69) is 5.32 Å². The van der Waals surface area contributed by atoms with Crippen LogP contribution in [0, 0.1) is 6.92 Å². The molecule has 1 amide bonds. The van der Waals surface area contributed by atoms with E-state index in [1.807, 2.05) is 31.2 Å². The molecule has 0 bridgehead atoms. The maximum atomic E-state index is 11.8. The summed E-state index contributed by atoms with van der Waals surface area (Å²) in [5.74, 6) is 0.622. The van der Waals surface area contributed by atoms with Crippen LogP contribution in [-0.4, -0.2) is 29.8 Å². The lowest BCUT2D eigenvalue weighted by Gasteiger charge is -2.26. The van der Waals surface area contributed by atoms with Gasteiger partial charge < -0.3 is 15.2 Å². The molecule has 19 heavy (non-hydrogen) atoms. The summed E-state index contributed by atoms with van der Waals surface area (Å²) in [4.78, 5) is 11.8. The summed E-state index contributed by atoms with van der Waals surface area (Å²) in [7, 11) is 0. The number of rotatable bonds is 4. The predicted octanol–water partition coefficient (Wildman–Crippen LogP) is 1.79. The van der Waals surface area contributed by atoms with Crippen LogP contribution in [-0.2, 0) is 4.79 Å². The van der Waals surface area contributed by atoms with Crippen LogP contribution < -0.4 is 10.1 Å². The zero-order chi connectivity index (χ0) is 13.7. The molecular formula is C15H21NO3. The van der Waals surface area contributed by atoms with Gasteiger partial charge in [-0.3, -0.25) is 4.79 Å². The third-order valence-electron chi connectivity index (χ3n) is 3.42. The van der Waals surface area contributed by atoms with E-state index < -0.39 is 0 Å². The molecule has 4 nitrogen and oxygen atoms in total. The van der Waals surface area contributed by atoms with Crippen molar-refractivity contribution in [3.63, 3.8) is 0 Å². The van der Waals surface area contributed by atoms with Gasteiger partial charge in [-0.15, -0.1) is 0 Å². The van der Waals surface area contributed by atoms with E-state index in [-0.39, 0.29) is 24.7 Å². The number of amides is 1. The molecule has 0 unspecified atom stereocenters. The molecule has 2 rings (SSSR count). The van der Waals surface area contributed by atoms with Crippen molar-refractivity contribution in [2.24, 2.45) is 0 Å². The molecule has 1 fully saturated rings. The van der Waals surface area contributed by atoms with E-state index in [1.54, 1.807) is 0 Å². The van der Waals surface area contributed by atoms with Gasteiger partial charge in [-0.25, -0.2) is 0 Å². The van der Waals surface area contributed by atoms with E-state index >= 15 is 0 Å². The SMILES string of the molecule is Cc1cccc(OCC(=O)NC2CCC(O)CC2)c1. The molecule has 104 valence electrons. The highest BCUT2D eigenvalue weighted by Gasteiger charge is 2.20. The van der Waals surface area contributed by atoms with Crippen LogP contribution in [0.1, 0.15) is 31.2 Å². The molecule has 2 N–H and O–H groups in total. The average molecular weight is 263 g/mol. The molecule has 1 aliphatic rings. The lowest BCUT2D eigenvalue weighted by molar-refractivity contribution is -0.124. The molecule has 0 saturated heterocycles. The molecule has 1 aromatic rings. The Morgan fingerprint density at radius 1 is 1.37 bits per heavy atom. The van der Waals surface area contributed by atoms with E-state index in [4.69, 9.17) is 4.74 Å². The predicted molar refractivity (Wildman–Crippen MR) is 73.1 cm³/mol. The van der Waals surface area contributed by atoms with Crippen LogP contribution >= 0.6 is 0 Å². The molecule has 0 aromatic heterocycles. The summed E-state index contributed by atoms with van der Waals surface area (Å²) in [6.07, 6.45) is 3.03. The standard InChI is InChI=1S/C15H21NO3/c1-11-3-2-4-14(9-11)19-10-15(18)16-12-5-7-13(17)8-6-12/h2-4,9,12-13,17H,5-8,10H2,1H3,(H,16,18). The van der Waals surface area contributed by atoms with Gasteiger partial charge in [0.2, 0.25) is 0 Å². The summed E-state index contributed by atoms with van der Waals surface area (Å²) in [5.41, 5.74) is 1.11. The lowest BCUT2D eigenvalue weighted by atomic mass is 9.93. The number of carbonyl (C=O) groups is 1. The molecule has 1 aliphatic carbocycles. The number of aliphatic hydroxyl groups excluding tert-OH is 1. The van der Waals surface area contributed by atoms with E-state index in [9.17, 15) is 9.90 Å². The Balaban J connectivity index is 1.73. The Kier molecular flexibility index (Phi) is 4.80. The first kappa shape index (κ1) is 13.9. The highest BCUT2D eigenvalue weighted by atomic mass is 16.5. The number of hydrogen-bond donors (Lipinski definition) is 2. The second-order valence-electron chi connectivity index (χ2n) is 5.18. The zero-order valence-corrected chi connectivity index (χ0v) is 11.3. The van der Waals surface area contributed by atoms with Gasteiger partial charge in [0.25, 0.3) is 5.91 Å². The minimum atomic E-state index is -0.198. The number of aliphatic hydroxyl groups is 1. The number of benzene rings is 1. The van der Waals surface area contributed by atoms with Crippen LogP contribution in [0.4, 0.5) is 0 Å². The summed E-state index contributed by atoms with van der Waals surface area (Å²) in [5, 5.41) is 12.4. The van der Waals surface area contributed by atoms with Crippen molar-refractivity contribution in [1.29, 1.82) is 0 Å². The molecule has 4 heteroatoms. The summed E-state index contributed by atoms with van der Waals surface area (Å²) in [6, 6.07) is 7.82. The summed E-state index contributed by atoms with van der Waals surface area (Å²) in [6.45, 7) is 2.03. The second kappa shape index (κ2) is 6.57. The van der Waals surface area contributed by atoms with Crippen molar-refractivity contribution >= 4 is 5.91 Å². The lowest BCUT2D eigenvalue weighted by Crippen LogP contribution is -2.40. The molecule has 1 saturated carbocycles. The van der Waals surface area contributed by atoms with Crippen molar-refractivity contribution in [3.05, 3.63) is 29.8 Å². The van der Waals surface area contributed by atoms with Crippen molar-refractivity contribution in [2.75, 3.05) is 6.61 Å². The zero-order valence-electron chi connectivity index (χ0n) is 11.3. The van der Waals surface area contributed by atoms with Crippen LogP contribution in [0.2, 0.25) is 0 Å². The monoisotopic (exact) mass is 263 g/mol. The Morgan fingerprint density at radius 3 is 2.79 bits per heavy atom. The molecule has 1 aromatic carbocycles. The van der Waals surface area contributed by atoms with Crippen LogP contribution in [0.15, 0.2) is 24.3 Å². The topological polar surface area (TPSA) is 58.6 Å². The van der Waals surface area contributed by atoms with Gasteiger partial charge in [0.15, 0.2) is 6.61 Å². The quantitative estimate of drug-likeness (QED) is 0.870.